The van der Waals surface area contributed by atoms with Crippen LogP contribution in [0.4, 0.5) is 11.4 Å². The van der Waals surface area contributed by atoms with E-state index in [1.807, 2.05) is 60.9 Å². The highest BCUT2D eigenvalue weighted by molar-refractivity contribution is 7.92. The molecule has 1 atom stereocenters. The zero-order valence-corrected chi connectivity index (χ0v) is 26.4. The van der Waals surface area contributed by atoms with Gasteiger partial charge in [-0.25, -0.2) is 8.42 Å². The fraction of sp³-hybridized carbons (Fsp3) is 0.273. The van der Waals surface area contributed by atoms with Crippen LogP contribution >= 0.6 is 23.2 Å². The molecule has 1 aromatic heterocycles. The Bertz CT molecular complexity index is 1750. The number of anilines is 2. The SMILES string of the molecule is O=C(CC1c2ccccc2-c2ccccc2N1S(=O)(=O)c1ccc(Cl)c(Cl)c1)NCCCN1CCN(c2ccncc2)CC1. The summed E-state index contributed by atoms with van der Waals surface area (Å²) in [5, 5.41) is 3.45. The van der Waals surface area contributed by atoms with Crippen molar-refractivity contribution in [1.82, 2.24) is 15.2 Å². The Morgan fingerprint density at radius 1 is 0.864 bits per heavy atom. The monoisotopic (exact) mass is 649 g/mol. The maximum atomic E-state index is 14.2. The number of rotatable bonds is 9. The van der Waals surface area contributed by atoms with Crippen molar-refractivity contribution < 1.29 is 13.2 Å². The van der Waals surface area contributed by atoms with E-state index in [-0.39, 0.29) is 27.3 Å². The molecule has 228 valence electrons. The average Bonchev–Trinajstić information content (AvgIpc) is 3.05. The van der Waals surface area contributed by atoms with Gasteiger partial charge in [-0.3, -0.25) is 19.0 Å². The third kappa shape index (κ3) is 6.28. The number of nitrogens with one attached hydrogen (secondary N) is 1. The highest BCUT2D eigenvalue weighted by Crippen LogP contribution is 2.48. The Hall–Kier alpha value is -3.63. The summed E-state index contributed by atoms with van der Waals surface area (Å²) >= 11 is 12.3. The molecule has 2 aliphatic rings. The average molecular weight is 651 g/mol. The molecule has 0 radical (unpaired) electrons. The Morgan fingerprint density at radius 2 is 1.57 bits per heavy atom. The normalized spacial score (nSPS) is 16.7. The molecule has 11 heteroatoms. The highest BCUT2D eigenvalue weighted by atomic mass is 35.5. The molecule has 2 aliphatic heterocycles. The van der Waals surface area contributed by atoms with Crippen LogP contribution in [0.1, 0.15) is 24.4 Å². The quantitative estimate of drug-likeness (QED) is 0.223. The summed E-state index contributed by atoms with van der Waals surface area (Å²) < 4.78 is 29.9. The number of fused-ring (bicyclic) bond motifs is 3. The second kappa shape index (κ2) is 13.2. The van der Waals surface area contributed by atoms with E-state index in [1.54, 1.807) is 12.1 Å². The molecule has 3 aromatic carbocycles. The van der Waals surface area contributed by atoms with Gasteiger partial charge in [-0.05, 0) is 60.5 Å². The van der Waals surface area contributed by atoms with Crippen LogP contribution in [0.15, 0.2) is 96.2 Å². The van der Waals surface area contributed by atoms with Gasteiger partial charge in [0, 0.05) is 56.4 Å². The number of sulfonamides is 1. The molecule has 8 nitrogen and oxygen atoms in total. The van der Waals surface area contributed by atoms with E-state index < -0.39 is 16.1 Å². The molecule has 4 aromatic rings. The summed E-state index contributed by atoms with van der Waals surface area (Å²) in [7, 11) is -4.12. The van der Waals surface area contributed by atoms with Crippen LogP contribution in [0, 0.1) is 0 Å². The second-order valence-corrected chi connectivity index (χ2v) is 13.6. The van der Waals surface area contributed by atoms with E-state index in [4.69, 9.17) is 23.2 Å². The van der Waals surface area contributed by atoms with Crippen LogP contribution in [-0.2, 0) is 14.8 Å². The van der Waals surface area contributed by atoms with Gasteiger partial charge in [-0.2, -0.15) is 0 Å². The molecule has 0 saturated carbocycles. The summed E-state index contributed by atoms with van der Waals surface area (Å²) in [6.45, 7) is 5.19. The summed E-state index contributed by atoms with van der Waals surface area (Å²) in [5.74, 6) is -0.207. The van der Waals surface area contributed by atoms with Crippen LogP contribution in [0.25, 0.3) is 11.1 Å². The molecule has 1 N–H and O–H groups in total. The Morgan fingerprint density at radius 3 is 2.32 bits per heavy atom. The first kappa shape index (κ1) is 30.4. The zero-order chi connectivity index (χ0) is 30.7. The number of aromatic nitrogens is 1. The van der Waals surface area contributed by atoms with Crippen LogP contribution < -0.4 is 14.5 Å². The maximum Gasteiger partial charge on any atom is 0.264 e. The van der Waals surface area contributed by atoms with Crippen molar-refractivity contribution in [2.24, 2.45) is 0 Å². The highest BCUT2D eigenvalue weighted by Gasteiger charge is 2.40. The lowest BCUT2D eigenvalue weighted by Crippen LogP contribution is -2.47. The van der Waals surface area contributed by atoms with Crippen molar-refractivity contribution in [2.75, 3.05) is 48.5 Å². The number of hydrogen-bond acceptors (Lipinski definition) is 6. The van der Waals surface area contributed by atoms with Gasteiger partial charge >= 0.3 is 0 Å². The number of para-hydroxylation sites is 1. The third-order valence-corrected chi connectivity index (χ3v) is 10.8. The van der Waals surface area contributed by atoms with Gasteiger partial charge in [0.05, 0.1) is 33.1 Å². The fourth-order valence-corrected chi connectivity index (χ4v) is 8.06. The van der Waals surface area contributed by atoms with Crippen LogP contribution in [0.3, 0.4) is 0 Å². The number of hydrogen-bond donors (Lipinski definition) is 1. The van der Waals surface area contributed by atoms with E-state index in [0.717, 1.165) is 55.8 Å². The molecule has 6 rings (SSSR count). The van der Waals surface area contributed by atoms with Gasteiger partial charge < -0.3 is 10.2 Å². The number of amides is 1. The molecule has 0 spiro atoms. The smallest absolute Gasteiger partial charge is 0.264 e. The predicted octanol–water partition coefficient (Wildman–Crippen LogP) is 6.02. The molecule has 1 saturated heterocycles. The molecule has 3 heterocycles. The van der Waals surface area contributed by atoms with Gasteiger partial charge in [0.25, 0.3) is 10.0 Å². The first-order valence-corrected chi connectivity index (χ1v) is 16.8. The maximum absolute atomic E-state index is 14.2. The summed E-state index contributed by atoms with van der Waals surface area (Å²) in [4.78, 5) is 22.3. The lowest BCUT2D eigenvalue weighted by atomic mass is 9.88. The predicted molar refractivity (Wildman–Crippen MR) is 176 cm³/mol. The topological polar surface area (TPSA) is 85.8 Å². The minimum Gasteiger partial charge on any atom is -0.369 e. The molecular weight excluding hydrogens is 617 g/mol. The second-order valence-electron chi connectivity index (χ2n) is 10.9. The molecule has 1 unspecified atom stereocenters. The number of halogens is 2. The minimum absolute atomic E-state index is 0.00974. The van der Waals surface area contributed by atoms with E-state index in [1.165, 1.54) is 28.2 Å². The molecule has 1 fully saturated rings. The number of pyridine rings is 1. The van der Waals surface area contributed by atoms with E-state index in [2.05, 4.69) is 20.1 Å². The van der Waals surface area contributed by atoms with Crippen molar-refractivity contribution in [1.29, 1.82) is 0 Å². The van der Waals surface area contributed by atoms with Gasteiger partial charge in [0.2, 0.25) is 5.91 Å². The number of benzene rings is 3. The van der Waals surface area contributed by atoms with Crippen LogP contribution in [-0.4, -0.2) is 63.5 Å². The number of carbonyl (C=O) groups excluding carboxylic acids is 1. The van der Waals surface area contributed by atoms with Crippen LogP contribution in [0.2, 0.25) is 10.0 Å². The van der Waals surface area contributed by atoms with Crippen LogP contribution in [0.5, 0.6) is 0 Å². The third-order valence-electron chi connectivity index (χ3n) is 8.23. The Balaban J connectivity index is 1.15. The minimum atomic E-state index is -4.12. The van der Waals surface area contributed by atoms with E-state index in [9.17, 15) is 13.2 Å². The molecule has 0 bridgehead atoms. The lowest BCUT2D eigenvalue weighted by molar-refractivity contribution is -0.121. The molecule has 1 amide bonds. The van der Waals surface area contributed by atoms with Crippen molar-refractivity contribution >= 4 is 50.5 Å². The standard InChI is InChI=1S/C33H33Cl2N5O3S/c34-29-11-10-25(22-30(29)35)44(42,43)40-31-9-4-3-7-27(31)26-6-1-2-8-28(26)32(40)23-33(41)37-14-5-17-38-18-20-39(21-19-38)24-12-15-36-16-13-24/h1-4,6-13,15-16,22,32H,5,14,17-21,23H2,(H,37,41). The summed E-state index contributed by atoms with van der Waals surface area (Å²) in [6, 6.07) is 22.6. The molecular formula is C33H33Cl2N5O3S. The van der Waals surface area contributed by atoms with Gasteiger partial charge in [0.1, 0.15) is 0 Å². The Kier molecular flexibility index (Phi) is 9.09. The van der Waals surface area contributed by atoms with Gasteiger partial charge in [-0.1, -0.05) is 65.7 Å². The van der Waals surface area contributed by atoms with E-state index in [0.29, 0.717) is 12.2 Å². The molecule has 0 aliphatic carbocycles. The van der Waals surface area contributed by atoms with Gasteiger partial charge in [-0.15, -0.1) is 0 Å². The van der Waals surface area contributed by atoms with Crippen molar-refractivity contribution in [3.05, 3.63) is 107 Å². The van der Waals surface area contributed by atoms with Crippen molar-refractivity contribution in [3.63, 3.8) is 0 Å². The number of carbonyl (C=O) groups is 1. The first-order valence-electron chi connectivity index (χ1n) is 14.6. The number of piperazine rings is 1. The lowest BCUT2D eigenvalue weighted by Gasteiger charge is -2.39. The van der Waals surface area contributed by atoms with Crippen molar-refractivity contribution in [3.8, 4) is 11.1 Å². The summed E-state index contributed by atoms with van der Waals surface area (Å²) in [6.07, 6.45) is 4.40. The summed E-state index contributed by atoms with van der Waals surface area (Å²) in [5.41, 5.74) is 4.17. The zero-order valence-electron chi connectivity index (χ0n) is 24.1. The Labute approximate surface area is 268 Å². The number of nitrogens with zero attached hydrogens (tertiary/aromatic N) is 4. The van der Waals surface area contributed by atoms with E-state index >= 15 is 0 Å². The van der Waals surface area contributed by atoms with Gasteiger partial charge in [0.15, 0.2) is 0 Å². The first-order chi connectivity index (χ1) is 21.3. The fourth-order valence-electron chi connectivity index (χ4n) is 6.02. The molecule has 44 heavy (non-hydrogen) atoms. The van der Waals surface area contributed by atoms with Crippen molar-refractivity contribution in [2.45, 2.75) is 23.8 Å². The largest absolute Gasteiger partial charge is 0.369 e.